The Labute approximate surface area is 205 Å². The number of nitrogens with one attached hydrogen (secondary N) is 2. The van der Waals surface area contributed by atoms with Gasteiger partial charge in [-0.2, -0.15) is 5.10 Å². The Morgan fingerprint density at radius 1 is 0.914 bits per heavy atom. The molecule has 2 aromatic heterocycles. The van der Waals surface area contributed by atoms with Gasteiger partial charge in [-0.25, -0.2) is 4.98 Å². The van der Waals surface area contributed by atoms with Crippen molar-refractivity contribution < 1.29 is 9.47 Å². The number of piperidine rings is 1. The summed E-state index contributed by atoms with van der Waals surface area (Å²) in [6.07, 6.45) is 4.27. The largest absolute Gasteiger partial charge is 0.457 e. The average molecular weight is 473 g/mol. The molecule has 0 amide bonds. The molecule has 0 aliphatic carbocycles. The van der Waals surface area contributed by atoms with Crippen LogP contribution in [0.1, 0.15) is 18.7 Å². The van der Waals surface area contributed by atoms with Gasteiger partial charge in [-0.05, 0) is 79.9 Å². The van der Waals surface area contributed by atoms with E-state index in [1.54, 1.807) is 6.20 Å². The lowest BCUT2D eigenvalue weighted by Crippen LogP contribution is -2.42. The first-order chi connectivity index (χ1) is 17.3. The molecule has 0 atom stereocenters. The average Bonchev–Trinajstić information content (AvgIpc) is 3.56. The molecule has 0 spiro atoms. The van der Waals surface area contributed by atoms with E-state index in [0.29, 0.717) is 0 Å². The first-order valence-corrected chi connectivity index (χ1v) is 12.6. The molecule has 8 nitrogen and oxygen atoms in total. The summed E-state index contributed by atoms with van der Waals surface area (Å²) >= 11 is 0. The summed E-state index contributed by atoms with van der Waals surface area (Å²) in [5.41, 5.74) is 4.05. The summed E-state index contributed by atoms with van der Waals surface area (Å²) in [5, 5.41) is 6.99. The highest BCUT2D eigenvalue weighted by Crippen LogP contribution is 2.27. The number of ether oxygens (including phenoxy) is 2. The van der Waals surface area contributed by atoms with Gasteiger partial charge in [-0.3, -0.25) is 14.9 Å². The molecule has 2 saturated heterocycles. The van der Waals surface area contributed by atoms with Crippen LogP contribution in [0.4, 0.5) is 0 Å². The Kier molecular flexibility index (Phi) is 6.49. The van der Waals surface area contributed by atoms with Gasteiger partial charge in [0.1, 0.15) is 17.3 Å². The number of fused-ring (bicyclic) bond motifs is 1. The third kappa shape index (κ3) is 5.40. The Hall–Kier alpha value is -3.20. The van der Waals surface area contributed by atoms with Gasteiger partial charge in [0.15, 0.2) is 0 Å². The topological polar surface area (TPSA) is 82.3 Å². The predicted octanol–water partition coefficient (Wildman–Crippen LogP) is 4.29. The molecule has 2 aliphatic heterocycles. The lowest BCUT2D eigenvalue weighted by Gasteiger charge is -2.35. The Morgan fingerprint density at radius 3 is 2.49 bits per heavy atom. The summed E-state index contributed by atoms with van der Waals surface area (Å²) in [7, 11) is 0. The summed E-state index contributed by atoms with van der Waals surface area (Å²) in [6.45, 7) is 8.29. The van der Waals surface area contributed by atoms with Crippen LogP contribution < -0.4 is 4.74 Å². The molecule has 182 valence electrons. The predicted molar refractivity (Wildman–Crippen MR) is 135 cm³/mol. The van der Waals surface area contributed by atoms with Crippen molar-refractivity contribution in [3.8, 4) is 22.8 Å². The van der Waals surface area contributed by atoms with Gasteiger partial charge in [-0.1, -0.05) is 0 Å². The fraction of sp³-hybridized carbons (Fsp3) is 0.407. The van der Waals surface area contributed by atoms with Gasteiger partial charge in [-0.15, -0.1) is 0 Å². The van der Waals surface area contributed by atoms with E-state index in [1.807, 2.05) is 42.5 Å². The summed E-state index contributed by atoms with van der Waals surface area (Å²) < 4.78 is 11.6. The zero-order valence-corrected chi connectivity index (χ0v) is 19.9. The van der Waals surface area contributed by atoms with Crippen LogP contribution in [0, 0.1) is 5.92 Å². The minimum atomic E-state index is 0.786. The molecule has 6 rings (SSSR count). The molecule has 0 unspecified atom stereocenters. The first kappa shape index (κ1) is 22.3. The smallest absolute Gasteiger partial charge is 0.129 e. The maximum absolute atomic E-state index is 6.09. The number of rotatable bonds is 7. The highest BCUT2D eigenvalue weighted by molar-refractivity contribution is 5.77. The molecule has 35 heavy (non-hydrogen) atoms. The van der Waals surface area contributed by atoms with E-state index < -0.39 is 0 Å². The molecule has 0 saturated carbocycles. The number of nitrogens with zero attached hydrogens (tertiary/aromatic N) is 4. The van der Waals surface area contributed by atoms with Crippen LogP contribution in [0.3, 0.4) is 0 Å². The molecule has 2 fully saturated rings. The lowest BCUT2D eigenvalue weighted by atomic mass is 9.96. The Bertz CT molecular complexity index is 1220. The fourth-order valence-corrected chi connectivity index (χ4v) is 5.12. The standard InChI is InChI=1S/C27H32N6O2/c1-3-22(4-2-21(1)24-7-10-28-31-24)35-23-5-6-25-26(17-23)30-27(29-25)19-32-11-8-20(9-12-32)18-33-13-15-34-16-14-33/h1-7,10,17,20H,8-9,11-16,18-19H2,(H,28,31)(H,29,30). The molecule has 2 aromatic carbocycles. The van der Waals surface area contributed by atoms with Crippen molar-refractivity contribution >= 4 is 11.0 Å². The highest BCUT2D eigenvalue weighted by Gasteiger charge is 2.23. The van der Waals surface area contributed by atoms with Gasteiger partial charge in [0, 0.05) is 31.9 Å². The second kappa shape index (κ2) is 10.2. The summed E-state index contributed by atoms with van der Waals surface area (Å²) in [5.74, 6) is 3.40. The SMILES string of the molecule is c1cc(-c2ccc(Oc3ccc4[nH]c(CN5CCC(CN6CCOCC6)CC5)nc4c3)cc2)[nH]n1. The quantitative estimate of drug-likeness (QED) is 0.418. The number of hydrogen-bond donors (Lipinski definition) is 2. The maximum Gasteiger partial charge on any atom is 0.129 e. The van der Waals surface area contributed by atoms with Crippen LogP contribution in [0.15, 0.2) is 54.7 Å². The molecule has 2 N–H and O–H groups in total. The van der Waals surface area contributed by atoms with Crippen molar-refractivity contribution in [3.05, 3.63) is 60.6 Å². The van der Waals surface area contributed by atoms with E-state index in [9.17, 15) is 0 Å². The monoisotopic (exact) mass is 472 g/mol. The Balaban J connectivity index is 1.04. The molecule has 0 radical (unpaired) electrons. The number of morpholine rings is 1. The van der Waals surface area contributed by atoms with Gasteiger partial charge in [0.2, 0.25) is 0 Å². The lowest BCUT2D eigenvalue weighted by molar-refractivity contribution is 0.0241. The van der Waals surface area contributed by atoms with Crippen LogP contribution in [-0.4, -0.2) is 75.9 Å². The number of likely N-dealkylation sites (tertiary alicyclic amines) is 1. The molecular formula is C27H32N6O2. The highest BCUT2D eigenvalue weighted by atomic mass is 16.5. The van der Waals surface area contributed by atoms with Crippen molar-refractivity contribution in [2.45, 2.75) is 19.4 Å². The van der Waals surface area contributed by atoms with Gasteiger partial charge in [0.05, 0.1) is 36.5 Å². The first-order valence-electron chi connectivity index (χ1n) is 12.6. The van der Waals surface area contributed by atoms with Crippen LogP contribution in [-0.2, 0) is 11.3 Å². The second-order valence-corrected chi connectivity index (χ2v) is 9.59. The van der Waals surface area contributed by atoms with Crippen molar-refractivity contribution in [2.24, 2.45) is 5.92 Å². The second-order valence-electron chi connectivity index (χ2n) is 9.59. The normalized spacial score (nSPS) is 18.3. The number of H-pyrrole nitrogens is 2. The molecular weight excluding hydrogens is 440 g/mol. The zero-order valence-electron chi connectivity index (χ0n) is 19.9. The van der Waals surface area contributed by atoms with Gasteiger partial charge >= 0.3 is 0 Å². The number of imidazole rings is 1. The Morgan fingerprint density at radius 2 is 1.71 bits per heavy atom. The summed E-state index contributed by atoms with van der Waals surface area (Å²) in [4.78, 5) is 13.4. The third-order valence-corrected chi connectivity index (χ3v) is 7.11. The van der Waals surface area contributed by atoms with E-state index in [1.165, 1.54) is 19.4 Å². The van der Waals surface area contributed by atoms with Crippen molar-refractivity contribution in [2.75, 3.05) is 45.9 Å². The van der Waals surface area contributed by atoms with E-state index >= 15 is 0 Å². The zero-order chi connectivity index (χ0) is 23.5. The molecule has 4 heterocycles. The van der Waals surface area contributed by atoms with E-state index in [-0.39, 0.29) is 0 Å². The van der Waals surface area contributed by atoms with E-state index in [2.05, 4.69) is 31.0 Å². The third-order valence-electron chi connectivity index (χ3n) is 7.11. The van der Waals surface area contributed by atoms with Gasteiger partial charge < -0.3 is 14.5 Å². The van der Waals surface area contributed by atoms with Crippen molar-refractivity contribution in [3.63, 3.8) is 0 Å². The number of benzene rings is 2. The number of aromatic amines is 2. The minimum absolute atomic E-state index is 0.786. The molecule has 8 heteroatoms. The van der Waals surface area contributed by atoms with Crippen molar-refractivity contribution in [1.82, 2.24) is 30.0 Å². The van der Waals surface area contributed by atoms with Crippen LogP contribution in [0.5, 0.6) is 11.5 Å². The minimum Gasteiger partial charge on any atom is -0.457 e. The van der Waals surface area contributed by atoms with Gasteiger partial charge in [0.25, 0.3) is 0 Å². The van der Waals surface area contributed by atoms with E-state index in [4.69, 9.17) is 14.5 Å². The van der Waals surface area contributed by atoms with Crippen LogP contribution >= 0.6 is 0 Å². The van der Waals surface area contributed by atoms with E-state index in [0.717, 1.165) is 91.5 Å². The number of hydrogen-bond acceptors (Lipinski definition) is 6. The van der Waals surface area contributed by atoms with Crippen LogP contribution in [0.2, 0.25) is 0 Å². The van der Waals surface area contributed by atoms with Crippen molar-refractivity contribution in [1.29, 1.82) is 0 Å². The molecule has 4 aromatic rings. The summed E-state index contributed by atoms with van der Waals surface area (Å²) in [6, 6.07) is 16.0. The molecule has 0 bridgehead atoms. The molecule has 2 aliphatic rings. The fourth-order valence-electron chi connectivity index (χ4n) is 5.12. The van der Waals surface area contributed by atoms with Crippen LogP contribution in [0.25, 0.3) is 22.3 Å². The maximum atomic E-state index is 6.09. The number of aromatic nitrogens is 4.